The molecule has 0 aliphatic rings. The molecule has 0 aromatic heterocycles. The largest absolute Gasteiger partial charge is 0.462 e. The van der Waals surface area contributed by atoms with Gasteiger partial charge in [0.15, 0.2) is 0 Å². The zero-order chi connectivity index (χ0) is 12.3. The number of hydrogen-bond donors (Lipinski definition) is 0. The first-order valence-corrected chi connectivity index (χ1v) is 6.97. The molecule has 0 bridgehead atoms. The topological polar surface area (TPSA) is 60.4 Å². The zero-order valence-electron chi connectivity index (χ0n) is 8.24. The standard InChI is InChI=1S/C9H8Cl2O4S/c1-2-15-9(12)6-4-3-5-7(10)8(6)16(11,13)14/h3-5H,2H2,1H3. The van der Waals surface area contributed by atoms with E-state index in [-0.39, 0.29) is 17.2 Å². The van der Waals surface area contributed by atoms with Crippen molar-refractivity contribution in [2.24, 2.45) is 0 Å². The van der Waals surface area contributed by atoms with Gasteiger partial charge >= 0.3 is 5.97 Å². The number of esters is 1. The smallest absolute Gasteiger partial charge is 0.339 e. The molecule has 0 heterocycles. The Morgan fingerprint density at radius 1 is 1.44 bits per heavy atom. The van der Waals surface area contributed by atoms with Crippen LogP contribution in [-0.2, 0) is 13.8 Å². The van der Waals surface area contributed by atoms with E-state index in [2.05, 4.69) is 0 Å². The third-order valence-electron chi connectivity index (χ3n) is 1.71. The van der Waals surface area contributed by atoms with Crippen molar-refractivity contribution in [3.63, 3.8) is 0 Å². The quantitative estimate of drug-likeness (QED) is 0.631. The third kappa shape index (κ3) is 2.87. The second-order valence-corrected chi connectivity index (χ2v) is 5.68. The molecule has 7 heteroatoms. The second-order valence-electron chi connectivity index (χ2n) is 2.77. The van der Waals surface area contributed by atoms with E-state index in [9.17, 15) is 13.2 Å². The van der Waals surface area contributed by atoms with Gasteiger partial charge in [0.05, 0.1) is 17.2 Å². The Bertz CT molecular complexity index is 510. The highest BCUT2D eigenvalue weighted by atomic mass is 35.7. The summed E-state index contributed by atoms with van der Waals surface area (Å²) in [5.41, 5.74) is -0.163. The Balaban J connectivity index is 3.41. The van der Waals surface area contributed by atoms with Crippen molar-refractivity contribution in [1.29, 1.82) is 0 Å². The van der Waals surface area contributed by atoms with Gasteiger partial charge in [-0.1, -0.05) is 17.7 Å². The van der Waals surface area contributed by atoms with E-state index in [1.807, 2.05) is 0 Å². The lowest BCUT2D eigenvalue weighted by Crippen LogP contribution is -2.09. The van der Waals surface area contributed by atoms with Crippen LogP contribution in [0.4, 0.5) is 0 Å². The highest BCUT2D eigenvalue weighted by Gasteiger charge is 2.24. The molecule has 0 saturated heterocycles. The summed E-state index contributed by atoms with van der Waals surface area (Å²) in [4.78, 5) is 11.0. The minimum Gasteiger partial charge on any atom is -0.462 e. The van der Waals surface area contributed by atoms with Gasteiger partial charge in [0.1, 0.15) is 4.90 Å². The van der Waals surface area contributed by atoms with Gasteiger partial charge in [-0.2, -0.15) is 0 Å². The molecule has 0 spiro atoms. The van der Waals surface area contributed by atoms with Gasteiger partial charge in [0.2, 0.25) is 0 Å². The van der Waals surface area contributed by atoms with E-state index < -0.39 is 19.9 Å². The minimum absolute atomic E-state index is 0.111. The maximum atomic E-state index is 11.5. The number of rotatable bonds is 3. The van der Waals surface area contributed by atoms with Crippen molar-refractivity contribution in [2.45, 2.75) is 11.8 Å². The van der Waals surface area contributed by atoms with Crippen LogP contribution in [0.25, 0.3) is 0 Å². The minimum atomic E-state index is -4.09. The lowest BCUT2D eigenvalue weighted by atomic mass is 10.2. The van der Waals surface area contributed by atoms with Crippen LogP contribution in [-0.4, -0.2) is 21.0 Å². The molecule has 0 aliphatic carbocycles. The molecule has 0 atom stereocenters. The van der Waals surface area contributed by atoms with Crippen LogP contribution in [0, 0.1) is 0 Å². The SMILES string of the molecule is CCOC(=O)c1cccc(Cl)c1S(=O)(=O)Cl. The Hall–Kier alpha value is -0.780. The summed E-state index contributed by atoms with van der Waals surface area (Å²) < 4.78 is 27.2. The van der Waals surface area contributed by atoms with Crippen molar-refractivity contribution >= 4 is 37.3 Å². The molecule has 0 radical (unpaired) electrons. The summed E-state index contributed by atoms with van der Waals surface area (Å²) in [6.45, 7) is 1.74. The summed E-state index contributed by atoms with van der Waals surface area (Å²) in [6.07, 6.45) is 0. The predicted octanol–water partition coefficient (Wildman–Crippen LogP) is 2.44. The number of carbonyl (C=O) groups excluding carboxylic acids is 1. The van der Waals surface area contributed by atoms with E-state index in [1.165, 1.54) is 18.2 Å². The van der Waals surface area contributed by atoms with Gasteiger partial charge < -0.3 is 4.74 Å². The molecular weight excluding hydrogens is 275 g/mol. The summed E-state index contributed by atoms with van der Waals surface area (Å²) in [7, 11) is 1.11. The first-order valence-electron chi connectivity index (χ1n) is 4.28. The van der Waals surface area contributed by atoms with E-state index >= 15 is 0 Å². The van der Waals surface area contributed by atoms with Gasteiger partial charge in [-0.3, -0.25) is 0 Å². The lowest BCUT2D eigenvalue weighted by Gasteiger charge is -2.07. The molecule has 4 nitrogen and oxygen atoms in total. The maximum Gasteiger partial charge on any atom is 0.339 e. The average molecular weight is 283 g/mol. The number of hydrogen-bond acceptors (Lipinski definition) is 4. The molecule has 0 N–H and O–H groups in total. The molecule has 16 heavy (non-hydrogen) atoms. The van der Waals surface area contributed by atoms with Gasteiger partial charge in [-0.15, -0.1) is 0 Å². The second kappa shape index (κ2) is 5.03. The van der Waals surface area contributed by atoms with E-state index in [4.69, 9.17) is 27.0 Å². The van der Waals surface area contributed by atoms with E-state index in [0.29, 0.717) is 0 Å². The van der Waals surface area contributed by atoms with Crippen molar-refractivity contribution in [1.82, 2.24) is 0 Å². The Kier molecular flexibility index (Phi) is 4.18. The fraction of sp³-hybridized carbons (Fsp3) is 0.222. The Morgan fingerprint density at radius 3 is 2.56 bits per heavy atom. The summed E-state index contributed by atoms with van der Waals surface area (Å²) in [5, 5.41) is -0.111. The van der Waals surface area contributed by atoms with Crippen LogP contribution in [0.1, 0.15) is 17.3 Å². The highest BCUT2D eigenvalue weighted by Crippen LogP contribution is 2.28. The molecule has 1 aromatic carbocycles. The average Bonchev–Trinajstić information content (AvgIpc) is 2.15. The molecular formula is C9H8Cl2O4S. The van der Waals surface area contributed by atoms with E-state index in [0.717, 1.165) is 0 Å². The molecule has 0 aliphatic heterocycles. The molecule has 0 fully saturated rings. The monoisotopic (exact) mass is 282 g/mol. The molecule has 0 unspecified atom stereocenters. The van der Waals surface area contributed by atoms with Gasteiger partial charge in [-0.05, 0) is 19.1 Å². The Labute approximate surface area is 103 Å². The van der Waals surface area contributed by atoms with E-state index in [1.54, 1.807) is 6.92 Å². The first-order chi connectivity index (χ1) is 7.38. The number of benzene rings is 1. The van der Waals surface area contributed by atoms with Crippen LogP contribution >= 0.6 is 22.3 Å². The first kappa shape index (κ1) is 13.3. The van der Waals surface area contributed by atoms with Crippen molar-refractivity contribution in [3.8, 4) is 0 Å². The van der Waals surface area contributed by atoms with Crippen molar-refractivity contribution < 1.29 is 17.9 Å². The summed E-state index contributed by atoms with van der Waals surface area (Å²) in [6, 6.07) is 4.07. The normalized spacial score (nSPS) is 11.2. The number of halogens is 2. The zero-order valence-corrected chi connectivity index (χ0v) is 10.6. The highest BCUT2D eigenvalue weighted by molar-refractivity contribution is 8.13. The maximum absolute atomic E-state index is 11.5. The van der Waals surface area contributed by atoms with Crippen LogP contribution in [0.15, 0.2) is 23.1 Å². The fourth-order valence-corrected chi connectivity index (χ4v) is 2.94. The molecule has 0 saturated carbocycles. The fourth-order valence-electron chi connectivity index (χ4n) is 1.13. The molecule has 0 amide bonds. The summed E-state index contributed by atoms with van der Waals surface area (Å²) in [5.74, 6) is -0.774. The van der Waals surface area contributed by atoms with Crippen LogP contribution in [0.3, 0.4) is 0 Å². The third-order valence-corrected chi connectivity index (χ3v) is 3.52. The lowest BCUT2D eigenvalue weighted by molar-refractivity contribution is 0.0522. The van der Waals surface area contributed by atoms with Gasteiger partial charge in [-0.25, -0.2) is 13.2 Å². The van der Waals surface area contributed by atoms with Crippen LogP contribution in [0.2, 0.25) is 5.02 Å². The number of ether oxygens (including phenoxy) is 1. The number of carbonyl (C=O) groups is 1. The molecule has 1 aromatic rings. The van der Waals surface area contributed by atoms with Gasteiger partial charge in [0.25, 0.3) is 9.05 Å². The molecule has 1 rings (SSSR count). The summed E-state index contributed by atoms with van der Waals surface area (Å²) >= 11 is 5.69. The van der Waals surface area contributed by atoms with Crippen LogP contribution in [0.5, 0.6) is 0 Å². The van der Waals surface area contributed by atoms with Crippen LogP contribution < -0.4 is 0 Å². The van der Waals surface area contributed by atoms with Gasteiger partial charge in [0, 0.05) is 10.7 Å². The Morgan fingerprint density at radius 2 is 2.06 bits per heavy atom. The van der Waals surface area contributed by atoms with Crippen molar-refractivity contribution in [2.75, 3.05) is 6.61 Å². The molecule has 88 valence electrons. The predicted molar refractivity (Wildman–Crippen MR) is 60.4 cm³/mol. The van der Waals surface area contributed by atoms with Crippen molar-refractivity contribution in [3.05, 3.63) is 28.8 Å².